The summed E-state index contributed by atoms with van der Waals surface area (Å²) < 4.78 is 0. The molecule has 0 rings (SSSR count). The Hall–Kier alpha value is -0.0831. The Morgan fingerprint density at radius 2 is 2.00 bits per heavy atom. The molecule has 0 radical (unpaired) electrons. The van der Waals surface area contributed by atoms with Gasteiger partial charge in [0, 0.05) is 0 Å². The fourth-order valence-electron chi connectivity index (χ4n) is 0.406. The molecule has 0 aromatic heterocycles. The summed E-state index contributed by atoms with van der Waals surface area (Å²) in [5.74, 6) is 0. The first-order valence-electron chi connectivity index (χ1n) is 2.96. The monoisotopic (exact) mass is 130 g/mol. The SMILES string of the molecule is CCC=C[Si](C)(C)O. The van der Waals surface area contributed by atoms with Gasteiger partial charge in [-0.15, -0.1) is 0 Å². The summed E-state index contributed by atoms with van der Waals surface area (Å²) in [6, 6.07) is 0. The first-order valence-corrected chi connectivity index (χ1v) is 5.99. The lowest BCUT2D eigenvalue weighted by atomic mass is 10.5. The maximum atomic E-state index is 9.20. The second kappa shape index (κ2) is 3.05. The predicted molar refractivity (Wildman–Crippen MR) is 39.1 cm³/mol. The smallest absolute Gasteiger partial charge is 0.206 e. The largest absolute Gasteiger partial charge is 0.428 e. The lowest BCUT2D eigenvalue weighted by molar-refractivity contribution is 0.567. The van der Waals surface area contributed by atoms with Crippen LogP contribution in [0, 0.1) is 0 Å². The fourth-order valence-corrected chi connectivity index (χ4v) is 1.22. The molecule has 0 aliphatic carbocycles. The molecule has 48 valence electrons. The van der Waals surface area contributed by atoms with Crippen molar-refractivity contribution in [2.75, 3.05) is 0 Å². The van der Waals surface area contributed by atoms with Crippen LogP contribution in [0.4, 0.5) is 0 Å². The van der Waals surface area contributed by atoms with Crippen LogP contribution in [0.25, 0.3) is 0 Å². The highest BCUT2D eigenvalue weighted by molar-refractivity contribution is 6.74. The van der Waals surface area contributed by atoms with Crippen molar-refractivity contribution in [3.63, 3.8) is 0 Å². The van der Waals surface area contributed by atoms with Gasteiger partial charge in [-0.05, 0) is 19.5 Å². The highest BCUT2D eigenvalue weighted by Gasteiger charge is 2.09. The van der Waals surface area contributed by atoms with Crippen LogP contribution in [-0.4, -0.2) is 13.1 Å². The molecule has 2 heteroatoms. The number of hydrogen-bond acceptors (Lipinski definition) is 1. The van der Waals surface area contributed by atoms with E-state index in [0.29, 0.717) is 0 Å². The van der Waals surface area contributed by atoms with Crippen molar-refractivity contribution >= 4 is 8.32 Å². The van der Waals surface area contributed by atoms with E-state index in [-0.39, 0.29) is 0 Å². The summed E-state index contributed by atoms with van der Waals surface area (Å²) in [5.41, 5.74) is 1.94. The second-order valence-corrected chi connectivity index (χ2v) is 6.10. The van der Waals surface area contributed by atoms with Crippen LogP contribution in [0.15, 0.2) is 11.8 Å². The van der Waals surface area contributed by atoms with Crippen molar-refractivity contribution in [1.29, 1.82) is 0 Å². The van der Waals surface area contributed by atoms with Crippen molar-refractivity contribution in [3.8, 4) is 0 Å². The van der Waals surface area contributed by atoms with Crippen LogP contribution in [0.5, 0.6) is 0 Å². The van der Waals surface area contributed by atoms with E-state index in [1.807, 2.05) is 24.9 Å². The first kappa shape index (κ1) is 7.92. The van der Waals surface area contributed by atoms with Gasteiger partial charge in [-0.3, -0.25) is 0 Å². The third kappa shape index (κ3) is 5.92. The number of allylic oxidation sites excluding steroid dienone is 1. The normalized spacial score (nSPS) is 13.0. The van der Waals surface area contributed by atoms with Crippen LogP contribution in [0.2, 0.25) is 13.1 Å². The maximum absolute atomic E-state index is 9.20. The molecule has 0 atom stereocenters. The van der Waals surface area contributed by atoms with E-state index in [4.69, 9.17) is 0 Å². The minimum Gasteiger partial charge on any atom is -0.428 e. The topological polar surface area (TPSA) is 20.2 Å². The van der Waals surface area contributed by atoms with Gasteiger partial charge in [0.25, 0.3) is 0 Å². The maximum Gasteiger partial charge on any atom is 0.206 e. The quantitative estimate of drug-likeness (QED) is 0.564. The molecular formula is C6H14OSi. The average Bonchev–Trinajstić information content (AvgIpc) is 1.59. The Labute approximate surface area is 52.2 Å². The minimum atomic E-state index is -1.86. The lowest BCUT2D eigenvalue weighted by Gasteiger charge is -2.04. The summed E-state index contributed by atoms with van der Waals surface area (Å²) in [6.07, 6.45) is 3.04. The Kier molecular flexibility index (Phi) is 3.01. The molecule has 8 heavy (non-hydrogen) atoms. The third-order valence-corrected chi connectivity index (χ3v) is 1.81. The summed E-state index contributed by atoms with van der Waals surface area (Å²) in [4.78, 5) is 9.20. The average molecular weight is 130 g/mol. The molecule has 1 N–H and O–H groups in total. The second-order valence-electron chi connectivity index (χ2n) is 2.46. The van der Waals surface area contributed by atoms with Crippen molar-refractivity contribution < 1.29 is 4.80 Å². The van der Waals surface area contributed by atoms with Gasteiger partial charge < -0.3 is 4.80 Å². The highest BCUT2D eigenvalue weighted by Crippen LogP contribution is 1.97. The summed E-state index contributed by atoms with van der Waals surface area (Å²) in [7, 11) is -1.86. The van der Waals surface area contributed by atoms with Gasteiger partial charge in [-0.2, -0.15) is 0 Å². The van der Waals surface area contributed by atoms with Crippen LogP contribution in [0.1, 0.15) is 13.3 Å². The molecule has 0 unspecified atom stereocenters. The molecule has 0 aromatic carbocycles. The zero-order valence-corrected chi connectivity index (χ0v) is 6.81. The molecule has 0 saturated carbocycles. The molecule has 0 saturated heterocycles. The molecule has 0 amide bonds. The predicted octanol–water partition coefficient (Wildman–Crippen LogP) is 1.69. The number of hydrogen-bond donors (Lipinski definition) is 1. The Morgan fingerprint density at radius 1 is 1.50 bits per heavy atom. The molecule has 0 aliphatic heterocycles. The van der Waals surface area contributed by atoms with E-state index in [9.17, 15) is 4.80 Å². The fraction of sp³-hybridized carbons (Fsp3) is 0.667. The van der Waals surface area contributed by atoms with E-state index in [1.54, 1.807) is 0 Å². The molecule has 0 spiro atoms. The van der Waals surface area contributed by atoms with Gasteiger partial charge in [0.2, 0.25) is 8.32 Å². The molecular weight excluding hydrogens is 116 g/mol. The molecule has 0 aromatic rings. The third-order valence-electron chi connectivity index (χ3n) is 0.761. The van der Waals surface area contributed by atoms with E-state index >= 15 is 0 Å². The van der Waals surface area contributed by atoms with Crippen LogP contribution < -0.4 is 0 Å². The highest BCUT2D eigenvalue weighted by atomic mass is 28.4. The Morgan fingerprint density at radius 3 is 2.12 bits per heavy atom. The molecule has 0 heterocycles. The molecule has 0 fully saturated rings. The van der Waals surface area contributed by atoms with Crippen molar-refractivity contribution in [2.24, 2.45) is 0 Å². The van der Waals surface area contributed by atoms with Gasteiger partial charge in [0.05, 0.1) is 0 Å². The summed E-state index contributed by atoms with van der Waals surface area (Å²) in [6.45, 7) is 5.87. The molecule has 0 aliphatic rings. The van der Waals surface area contributed by atoms with Gasteiger partial charge in [0.1, 0.15) is 0 Å². The van der Waals surface area contributed by atoms with E-state index in [0.717, 1.165) is 6.42 Å². The van der Waals surface area contributed by atoms with Crippen molar-refractivity contribution in [3.05, 3.63) is 11.8 Å². The summed E-state index contributed by atoms with van der Waals surface area (Å²) >= 11 is 0. The van der Waals surface area contributed by atoms with E-state index in [2.05, 4.69) is 6.92 Å². The molecule has 0 bridgehead atoms. The van der Waals surface area contributed by atoms with Crippen LogP contribution in [0.3, 0.4) is 0 Å². The zero-order valence-electron chi connectivity index (χ0n) is 5.81. The Bertz CT molecular complexity index is 81.0. The van der Waals surface area contributed by atoms with Gasteiger partial charge >= 0.3 is 0 Å². The van der Waals surface area contributed by atoms with Crippen LogP contribution >= 0.6 is 0 Å². The van der Waals surface area contributed by atoms with Gasteiger partial charge in [0.15, 0.2) is 0 Å². The molecule has 1 nitrogen and oxygen atoms in total. The standard InChI is InChI=1S/C6H14OSi/c1-4-5-6-8(2,3)7/h5-7H,4H2,1-3H3. The van der Waals surface area contributed by atoms with Crippen molar-refractivity contribution in [2.45, 2.75) is 26.4 Å². The van der Waals surface area contributed by atoms with E-state index < -0.39 is 8.32 Å². The first-order chi connectivity index (χ1) is 3.56. The van der Waals surface area contributed by atoms with Crippen molar-refractivity contribution in [1.82, 2.24) is 0 Å². The summed E-state index contributed by atoms with van der Waals surface area (Å²) in [5, 5.41) is 0. The minimum absolute atomic E-state index is 1.02. The Balaban J connectivity index is 3.52. The lowest BCUT2D eigenvalue weighted by Crippen LogP contribution is -2.21. The zero-order chi connectivity index (χ0) is 6.62. The van der Waals surface area contributed by atoms with Gasteiger partial charge in [-0.1, -0.05) is 18.7 Å². The number of rotatable bonds is 2. The van der Waals surface area contributed by atoms with Gasteiger partial charge in [-0.25, -0.2) is 0 Å². The van der Waals surface area contributed by atoms with Crippen LogP contribution in [-0.2, 0) is 0 Å². The van der Waals surface area contributed by atoms with E-state index in [1.165, 1.54) is 0 Å².